The second-order valence-electron chi connectivity index (χ2n) is 9.10. The van der Waals surface area contributed by atoms with E-state index in [4.69, 9.17) is 0 Å². The molecule has 1 fully saturated rings. The molecule has 2 N–H and O–H groups in total. The molecule has 1 unspecified atom stereocenters. The number of carbonyl (C=O) groups excluding carboxylic acids is 3. The van der Waals surface area contributed by atoms with Crippen LogP contribution in [0.15, 0.2) is 84.9 Å². The molecular weight excluding hydrogens is 498 g/mol. The summed E-state index contributed by atoms with van der Waals surface area (Å²) >= 11 is 1.37. The molecule has 4 aromatic rings. The molecule has 0 spiro atoms. The maximum Gasteiger partial charge on any atom is 0.257 e. The third-order valence-electron chi connectivity index (χ3n) is 6.36. The van der Waals surface area contributed by atoms with Crippen LogP contribution < -0.4 is 15.5 Å². The minimum Gasteiger partial charge on any atom is -0.326 e. The largest absolute Gasteiger partial charge is 0.326 e. The standard InChI is InChI=1S/C29H27N5O3S/c35-26-18-22(19-34(26)24-11-5-2-6-12-24)28(37)30-23-16-14-21(15-17-23)27(36)31-29-33-32-25(38-29)13-7-10-20-8-3-1-4-9-20/h1-6,8-9,11-12,14-17,22H,7,10,13,18-19H2,(H,30,37)(H,31,33,36). The van der Waals surface area contributed by atoms with E-state index in [-0.39, 0.29) is 24.1 Å². The first-order chi connectivity index (χ1) is 18.5. The molecule has 0 saturated carbocycles. The highest BCUT2D eigenvalue weighted by atomic mass is 32.1. The Morgan fingerprint density at radius 3 is 2.32 bits per heavy atom. The van der Waals surface area contributed by atoms with Crippen LogP contribution in [0.2, 0.25) is 0 Å². The Morgan fingerprint density at radius 1 is 0.868 bits per heavy atom. The SMILES string of the molecule is O=C(Nc1nnc(CCCc2ccccc2)s1)c1ccc(NC(=O)C2CC(=O)N(c3ccccc3)C2)cc1. The maximum absolute atomic E-state index is 12.8. The van der Waals surface area contributed by atoms with Crippen molar-refractivity contribution in [3.63, 3.8) is 0 Å². The third-order valence-corrected chi connectivity index (χ3v) is 7.26. The molecule has 0 bridgehead atoms. The van der Waals surface area contributed by atoms with Crippen molar-refractivity contribution in [2.75, 3.05) is 22.1 Å². The number of aromatic nitrogens is 2. The van der Waals surface area contributed by atoms with E-state index < -0.39 is 5.92 Å². The summed E-state index contributed by atoms with van der Waals surface area (Å²) in [7, 11) is 0. The summed E-state index contributed by atoms with van der Waals surface area (Å²) in [5.41, 5.74) is 3.08. The maximum atomic E-state index is 12.8. The molecular formula is C29H27N5O3S. The van der Waals surface area contributed by atoms with Gasteiger partial charge in [0.25, 0.3) is 5.91 Å². The Hall–Kier alpha value is -4.37. The van der Waals surface area contributed by atoms with Crippen LogP contribution in [0.3, 0.4) is 0 Å². The normalized spacial score (nSPS) is 14.9. The number of rotatable bonds is 9. The van der Waals surface area contributed by atoms with Crippen molar-refractivity contribution in [3.8, 4) is 0 Å². The van der Waals surface area contributed by atoms with E-state index in [9.17, 15) is 14.4 Å². The Morgan fingerprint density at radius 2 is 1.58 bits per heavy atom. The second-order valence-corrected chi connectivity index (χ2v) is 10.2. The molecule has 1 atom stereocenters. The predicted molar refractivity (Wildman–Crippen MR) is 148 cm³/mol. The first-order valence-corrected chi connectivity index (χ1v) is 13.3. The fourth-order valence-corrected chi connectivity index (χ4v) is 5.13. The van der Waals surface area contributed by atoms with Gasteiger partial charge in [0.2, 0.25) is 16.9 Å². The smallest absolute Gasteiger partial charge is 0.257 e. The zero-order valence-electron chi connectivity index (χ0n) is 20.7. The van der Waals surface area contributed by atoms with Crippen molar-refractivity contribution in [2.24, 2.45) is 5.92 Å². The number of amides is 3. The van der Waals surface area contributed by atoms with Gasteiger partial charge >= 0.3 is 0 Å². The summed E-state index contributed by atoms with van der Waals surface area (Å²) in [5, 5.41) is 15.3. The lowest BCUT2D eigenvalue weighted by molar-refractivity contribution is -0.122. The molecule has 0 radical (unpaired) electrons. The second kappa shape index (κ2) is 11.8. The van der Waals surface area contributed by atoms with Crippen LogP contribution >= 0.6 is 11.3 Å². The highest BCUT2D eigenvalue weighted by molar-refractivity contribution is 7.15. The highest BCUT2D eigenvalue weighted by Gasteiger charge is 2.35. The molecule has 1 aliphatic heterocycles. The molecule has 2 heterocycles. The molecule has 1 aliphatic rings. The van der Waals surface area contributed by atoms with Crippen LogP contribution in [-0.4, -0.2) is 34.5 Å². The molecule has 0 aliphatic carbocycles. The molecule has 8 nitrogen and oxygen atoms in total. The summed E-state index contributed by atoms with van der Waals surface area (Å²) in [6.45, 7) is 0.339. The fourth-order valence-electron chi connectivity index (χ4n) is 4.35. The first-order valence-electron chi connectivity index (χ1n) is 12.5. The van der Waals surface area contributed by atoms with Gasteiger partial charge in [-0.1, -0.05) is 59.9 Å². The van der Waals surface area contributed by atoms with E-state index in [1.165, 1.54) is 16.9 Å². The van der Waals surface area contributed by atoms with Gasteiger partial charge in [0.15, 0.2) is 0 Å². The lowest BCUT2D eigenvalue weighted by Crippen LogP contribution is -2.28. The molecule has 5 rings (SSSR count). The number of nitrogens with one attached hydrogen (secondary N) is 2. The number of aryl methyl sites for hydroxylation is 2. The highest BCUT2D eigenvalue weighted by Crippen LogP contribution is 2.26. The molecule has 192 valence electrons. The van der Waals surface area contributed by atoms with Crippen molar-refractivity contribution in [1.29, 1.82) is 0 Å². The molecule has 3 aromatic carbocycles. The van der Waals surface area contributed by atoms with Crippen LogP contribution in [0.1, 0.15) is 33.8 Å². The Labute approximate surface area is 224 Å². The summed E-state index contributed by atoms with van der Waals surface area (Å²) < 4.78 is 0. The number of anilines is 3. The molecule has 1 saturated heterocycles. The average molecular weight is 526 g/mol. The summed E-state index contributed by atoms with van der Waals surface area (Å²) in [6.07, 6.45) is 2.89. The quantitative estimate of drug-likeness (QED) is 0.322. The zero-order chi connectivity index (χ0) is 26.3. The third kappa shape index (κ3) is 6.30. The summed E-state index contributed by atoms with van der Waals surface area (Å²) in [6, 6.07) is 26.3. The minimum atomic E-state index is -0.440. The molecule has 3 amide bonds. The fraction of sp³-hybridized carbons (Fsp3) is 0.207. The van der Waals surface area contributed by atoms with Crippen molar-refractivity contribution in [2.45, 2.75) is 25.7 Å². The summed E-state index contributed by atoms with van der Waals surface area (Å²) in [5.74, 6) is -1.03. The Kier molecular flexibility index (Phi) is 7.84. The van der Waals surface area contributed by atoms with E-state index in [2.05, 4.69) is 33.0 Å². The van der Waals surface area contributed by atoms with Gasteiger partial charge < -0.3 is 10.2 Å². The lowest BCUT2D eigenvalue weighted by Gasteiger charge is -2.16. The van der Waals surface area contributed by atoms with Gasteiger partial charge in [-0.2, -0.15) is 0 Å². The van der Waals surface area contributed by atoms with Crippen molar-refractivity contribution < 1.29 is 14.4 Å². The van der Waals surface area contributed by atoms with E-state index in [0.29, 0.717) is 22.9 Å². The van der Waals surface area contributed by atoms with Gasteiger partial charge in [0.05, 0.1) is 5.92 Å². The van der Waals surface area contributed by atoms with Gasteiger partial charge in [-0.05, 0) is 54.8 Å². The monoisotopic (exact) mass is 525 g/mol. The Balaban J connectivity index is 1.10. The van der Waals surface area contributed by atoms with Crippen LogP contribution in [0.25, 0.3) is 0 Å². The van der Waals surface area contributed by atoms with E-state index in [1.54, 1.807) is 29.2 Å². The Bertz CT molecular complexity index is 1410. The lowest BCUT2D eigenvalue weighted by atomic mass is 10.1. The molecule has 9 heteroatoms. The number of hydrogen-bond acceptors (Lipinski definition) is 6. The van der Waals surface area contributed by atoms with Crippen LogP contribution in [0.5, 0.6) is 0 Å². The van der Waals surface area contributed by atoms with Gasteiger partial charge in [-0.3, -0.25) is 19.7 Å². The molecule has 38 heavy (non-hydrogen) atoms. The van der Waals surface area contributed by atoms with Crippen molar-refractivity contribution in [1.82, 2.24) is 10.2 Å². The van der Waals surface area contributed by atoms with Crippen LogP contribution in [0.4, 0.5) is 16.5 Å². The van der Waals surface area contributed by atoms with Gasteiger partial charge in [-0.25, -0.2) is 0 Å². The van der Waals surface area contributed by atoms with Gasteiger partial charge in [-0.15, -0.1) is 10.2 Å². The minimum absolute atomic E-state index is 0.0700. The van der Waals surface area contributed by atoms with E-state index in [1.807, 2.05) is 48.5 Å². The van der Waals surface area contributed by atoms with Crippen LogP contribution in [0, 0.1) is 5.92 Å². The summed E-state index contributed by atoms with van der Waals surface area (Å²) in [4.78, 5) is 39.5. The van der Waals surface area contributed by atoms with Crippen molar-refractivity contribution >= 4 is 45.6 Å². The predicted octanol–water partition coefficient (Wildman–Crippen LogP) is 4.96. The van der Waals surface area contributed by atoms with Gasteiger partial charge in [0.1, 0.15) is 5.01 Å². The number of carbonyl (C=O) groups is 3. The molecule has 1 aromatic heterocycles. The van der Waals surface area contributed by atoms with Crippen LogP contribution in [-0.2, 0) is 22.4 Å². The average Bonchev–Trinajstić information content (AvgIpc) is 3.56. The van der Waals surface area contributed by atoms with E-state index in [0.717, 1.165) is 30.0 Å². The first kappa shape index (κ1) is 25.3. The van der Waals surface area contributed by atoms with Crippen molar-refractivity contribution in [3.05, 3.63) is 101 Å². The van der Waals surface area contributed by atoms with Gasteiger partial charge in [0, 0.05) is 36.3 Å². The number of para-hydroxylation sites is 1. The topological polar surface area (TPSA) is 104 Å². The zero-order valence-corrected chi connectivity index (χ0v) is 21.5. The number of nitrogens with zero attached hydrogens (tertiary/aromatic N) is 3. The van der Waals surface area contributed by atoms with E-state index >= 15 is 0 Å². The number of hydrogen-bond donors (Lipinski definition) is 2. The number of benzene rings is 3.